The lowest BCUT2D eigenvalue weighted by Crippen LogP contribution is -2.24. The lowest BCUT2D eigenvalue weighted by Gasteiger charge is -2.11. The van der Waals surface area contributed by atoms with Gasteiger partial charge in [-0.2, -0.15) is 0 Å². The highest BCUT2D eigenvalue weighted by Crippen LogP contribution is 2.23. The Hall–Kier alpha value is -1.24. The number of nitrogens with zero attached hydrogens (tertiary/aromatic N) is 2. The molecule has 1 aromatic carbocycles. The standard InChI is InChI=1S/C14H16ClN3O2S/c15-11-4-1-3-10(7-11)9-21-14-17-16-13(19)18(14)8-12-5-2-6-20-12/h1,3-4,7,12H,2,5-6,8-9H2,(H,16,19). The Labute approximate surface area is 131 Å². The number of hydrogen-bond donors (Lipinski definition) is 1. The Bertz CT molecular complexity index is 664. The van der Waals surface area contributed by atoms with Crippen LogP contribution in [0.4, 0.5) is 0 Å². The van der Waals surface area contributed by atoms with Crippen LogP contribution < -0.4 is 5.69 Å². The molecular formula is C14H16ClN3O2S. The average molecular weight is 326 g/mol. The largest absolute Gasteiger partial charge is 0.376 e. The minimum Gasteiger partial charge on any atom is -0.376 e. The summed E-state index contributed by atoms with van der Waals surface area (Å²) in [4.78, 5) is 11.8. The second-order valence-corrected chi connectivity index (χ2v) is 6.35. The molecule has 0 radical (unpaired) electrons. The van der Waals surface area contributed by atoms with Gasteiger partial charge in [0.15, 0.2) is 5.16 Å². The third-order valence-corrected chi connectivity index (χ3v) is 4.67. The van der Waals surface area contributed by atoms with Gasteiger partial charge >= 0.3 is 5.69 Å². The van der Waals surface area contributed by atoms with Gasteiger partial charge in [-0.15, -0.1) is 5.10 Å². The number of thioether (sulfide) groups is 1. The molecule has 1 N–H and O–H groups in total. The molecule has 5 nitrogen and oxygen atoms in total. The van der Waals surface area contributed by atoms with Crippen molar-refractivity contribution in [2.45, 2.75) is 36.4 Å². The number of aromatic nitrogens is 3. The summed E-state index contributed by atoms with van der Waals surface area (Å²) in [5.74, 6) is 0.719. The van der Waals surface area contributed by atoms with Gasteiger partial charge in [0.25, 0.3) is 0 Å². The van der Waals surface area contributed by atoms with Crippen LogP contribution in [0.15, 0.2) is 34.2 Å². The van der Waals surface area contributed by atoms with Crippen LogP contribution >= 0.6 is 23.4 Å². The number of ether oxygens (including phenoxy) is 1. The summed E-state index contributed by atoms with van der Waals surface area (Å²) in [6, 6.07) is 7.69. The fourth-order valence-corrected chi connectivity index (χ4v) is 3.45. The zero-order valence-electron chi connectivity index (χ0n) is 11.4. The van der Waals surface area contributed by atoms with Gasteiger partial charge in [0.05, 0.1) is 12.6 Å². The third-order valence-electron chi connectivity index (χ3n) is 3.39. The summed E-state index contributed by atoms with van der Waals surface area (Å²) in [5, 5.41) is 8.01. The van der Waals surface area contributed by atoms with E-state index < -0.39 is 0 Å². The second-order valence-electron chi connectivity index (χ2n) is 4.98. The molecule has 1 aliphatic heterocycles. The van der Waals surface area contributed by atoms with Gasteiger partial charge in [-0.1, -0.05) is 35.5 Å². The number of rotatable bonds is 5. The molecule has 2 heterocycles. The number of nitrogens with one attached hydrogen (secondary N) is 1. The molecule has 0 amide bonds. The summed E-state index contributed by atoms with van der Waals surface area (Å²) in [7, 11) is 0. The van der Waals surface area contributed by atoms with Crippen molar-refractivity contribution in [3.63, 3.8) is 0 Å². The van der Waals surface area contributed by atoms with Crippen molar-refractivity contribution in [1.82, 2.24) is 14.8 Å². The van der Waals surface area contributed by atoms with Crippen LogP contribution in [-0.4, -0.2) is 27.5 Å². The number of aromatic amines is 1. The molecule has 1 unspecified atom stereocenters. The molecule has 1 fully saturated rings. The van der Waals surface area contributed by atoms with Crippen LogP contribution in [0.1, 0.15) is 18.4 Å². The van der Waals surface area contributed by atoms with Gasteiger partial charge in [0, 0.05) is 17.4 Å². The van der Waals surface area contributed by atoms with E-state index in [0.29, 0.717) is 16.7 Å². The molecule has 1 saturated heterocycles. The SMILES string of the molecule is O=c1[nH]nc(SCc2cccc(Cl)c2)n1CC1CCCO1. The first-order chi connectivity index (χ1) is 10.2. The van der Waals surface area contributed by atoms with E-state index in [0.717, 1.165) is 30.8 Å². The topological polar surface area (TPSA) is 59.9 Å². The van der Waals surface area contributed by atoms with Crippen molar-refractivity contribution < 1.29 is 4.74 Å². The maximum atomic E-state index is 11.8. The quantitative estimate of drug-likeness (QED) is 0.859. The first kappa shape index (κ1) is 14.7. The number of benzene rings is 1. The van der Waals surface area contributed by atoms with Gasteiger partial charge in [0.2, 0.25) is 0 Å². The molecule has 2 aromatic rings. The average Bonchev–Trinajstić information content (AvgIpc) is 3.09. The van der Waals surface area contributed by atoms with Gasteiger partial charge in [0.1, 0.15) is 0 Å². The molecule has 0 spiro atoms. The monoisotopic (exact) mass is 325 g/mol. The molecular weight excluding hydrogens is 310 g/mol. The Morgan fingerprint density at radius 1 is 1.52 bits per heavy atom. The first-order valence-corrected chi connectivity index (χ1v) is 8.23. The van der Waals surface area contributed by atoms with Crippen LogP contribution in [0.25, 0.3) is 0 Å². The Balaban J connectivity index is 1.69. The molecule has 1 aliphatic rings. The Kier molecular flexibility index (Phi) is 4.67. The fourth-order valence-electron chi connectivity index (χ4n) is 2.34. The Morgan fingerprint density at radius 2 is 2.43 bits per heavy atom. The normalized spacial score (nSPS) is 18.2. The van der Waals surface area contributed by atoms with E-state index >= 15 is 0 Å². The lowest BCUT2D eigenvalue weighted by atomic mass is 10.2. The van der Waals surface area contributed by atoms with E-state index in [-0.39, 0.29) is 11.8 Å². The lowest BCUT2D eigenvalue weighted by molar-refractivity contribution is 0.0941. The van der Waals surface area contributed by atoms with E-state index in [1.807, 2.05) is 24.3 Å². The zero-order chi connectivity index (χ0) is 14.7. The summed E-state index contributed by atoms with van der Waals surface area (Å²) >= 11 is 7.49. The maximum absolute atomic E-state index is 11.8. The van der Waals surface area contributed by atoms with Gasteiger partial charge in [-0.25, -0.2) is 9.89 Å². The molecule has 0 saturated carbocycles. The maximum Gasteiger partial charge on any atom is 0.344 e. The number of halogens is 1. The van der Waals surface area contributed by atoms with Crippen molar-refractivity contribution in [2.75, 3.05) is 6.61 Å². The molecule has 0 bridgehead atoms. The first-order valence-electron chi connectivity index (χ1n) is 6.86. The van der Waals surface area contributed by atoms with E-state index in [4.69, 9.17) is 16.3 Å². The summed E-state index contributed by atoms with van der Waals surface area (Å²) in [6.45, 7) is 1.34. The van der Waals surface area contributed by atoms with E-state index in [1.54, 1.807) is 4.57 Å². The predicted molar refractivity (Wildman–Crippen MR) is 82.8 cm³/mol. The van der Waals surface area contributed by atoms with Crippen molar-refractivity contribution >= 4 is 23.4 Å². The van der Waals surface area contributed by atoms with Crippen LogP contribution in [-0.2, 0) is 17.0 Å². The van der Waals surface area contributed by atoms with Crippen molar-refractivity contribution in [1.29, 1.82) is 0 Å². The van der Waals surface area contributed by atoms with E-state index in [1.165, 1.54) is 11.8 Å². The smallest absolute Gasteiger partial charge is 0.344 e. The highest BCUT2D eigenvalue weighted by atomic mass is 35.5. The Morgan fingerprint density at radius 3 is 3.19 bits per heavy atom. The summed E-state index contributed by atoms with van der Waals surface area (Å²) in [6.07, 6.45) is 2.17. The van der Waals surface area contributed by atoms with Crippen LogP contribution in [0.5, 0.6) is 0 Å². The minimum atomic E-state index is -0.181. The van der Waals surface area contributed by atoms with E-state index in [2.05, 4.69) is 10.2 Å². The minimum absolute atomic E-state index is 0.116. The van der Waals surface area contributed by atoms with Crippen molar-refractivity contribution in [2.24, 2.45) is 0 Å². The molecule has 7 heteroatoms. The van der Waals surface area contributed by atoms with Crippen molar-refractivity contribution in [3.05, 3.63) is 45.3 Å². The second kappa shape index (κ2) is 6.68. The van der Waals surface area contributed by atoms with Crippen LogP contribution in [0, 0.1) is 0 Å². The predicted octanol–water partition coefficient (Wildman–Crippen LogP) is 2.70. The van der Waals surface area contributed by atoms with Gasteiger partial charge in [-0.05, 0) is 30.5 Å². The summed E-state index contributed by atoms with van der Waals surface area (Å²) in [5.41, 5.74) is 0.922. The number of hydrogen-bond acceptors (Lipinski definition) is 4. The third kappa shape index (κ3) is 3.70. The number of H-pyrrole nitrogens is 1. The van der Waals surface area contributed by atoms with Crippen LogP contribution in [0.2, 0.25) is 5.02 Å². The molecule has 3 rings (SSSR count). The zero-order valence-corrected chi connectivity index (χ0v) is 13.0. The molecule has 21 heavy (non-hydrogen) atoms. The fraction of sp³-hybridized carbons (Fsp3) is 0.429. The molecule has 112 valence electrons. The van der Waals surface area contributed by atoms with E-state index in [9.17, 15) is 4.79 Å². The van der Waals surface area contributed by atoms with Gasteiger partial charge in [-0.3, -0.25) is 4.57 Å². The van der Waals surface area contributed by atoms with Crippen molar-refractivity contribution in [3.8, 4) is 0 Å². The molecule has 1 atom stereocenters. The summed E-state index contributed by atoms with van der Waals surface area (Å²) < 4.78 is 7.24. The molecule has 1 aromatic heterocycles. The molecule has 0 aliphatic carbocycles. The highest BCUT2D eigenvalue weighted by Gasteiger charge is 2.19. The highest BCUT2D eigenvalue weighted by molar-refractivity contribution is 7.98. The van der Waals surface area contributed by atoms with Crippen LogP contribution in [0.3, 0.4) is 0 Å². The van der Waals surface area contributed by atoms with Gasteiger partial charge < -0.3 is 4.74 Å².